The molecule has 7 heteroatoms. The fraction of sp³-hybridized carbons (Fsp3) is 0.688. The fourth-order valence-electron chi connectivity index (χ4n) is 2.91. The van der Waals surface area contributed by atoms with E-state index in [1.807, 2.05) is 0 Å². The average Bonchev–Trinajstić information content (AvgIpc) is 3.07. The summed E-state index contributed by atoms with van der Waals surface area (Å²) in [5.74, 6) is 0.222. The molecule has 0 bridgehead atoms. The lowest BCUT2D eigenvalue weighted by Gasteiger charge is -2.29. The third kappa shape index (κ3) is 5.67. The highest BCUT2D eigenvalue weighted by atomic mass is 16.5. The Morgan fingerprint density at radius 2 is 2.17 bits per heavy atom. The van der Waals surface area contributed by atoms with E-state index < -0.39 is 0 Å². The number of hydrogen-bond donors (Lipinski definition) is 1. The predicted molar refractivity (Wildman–Crippen MR) is 84.8 cm³/mol. The van der Waals surface area contributed by atoms with Crippen molar-refractivity contribution in [1.29, 1.82) is 0 Å². The number of nitrogens with one attached hydrogen (secondary N) is 1. The number of rotatable bonds is 8. The summed E-state index contributed by atoms with van der Waals surface area (Å²) >= 11 is 0. The molecule has 23 heavy (non-hydrogen) atoms. The van der Waals surface area contributed by atoms with E-state index in [0.29, 0.717) is 25.4 Å². The maximum absolute atomic E-state index is 12.7. The quantitative estimate of drug-likeness (QED) is 0.740. The Hall–Kier alpha value is -1.89. The van der Waals surface area contributed by atoms with Crippen molar-refractivity contribution in [1.82, 2.24) is 10.1 Å². The van der Waals surface area contributed by atoms with Gasteiger partial charge in [-0.15, -0.1) is 0 Å². The zero-order valence-corrected chi connectivity index (χ0v) is 13.6. The second kappa shape index (κ2) is 9.29. The van der Waals surface area contributed by atoms with Crippen molar-refractivity contribution in [2.45, 2.75) is 38.5 Å². The molecule has 1 aromatic heterocycles. The smallest absolute Gasteiger partial charge is 0.245 e. The molecule has 1 heterocycles. The van der Waals surface area contributed by atoms with Gasteiger partial charge in [0, 0.05) is 32.2 Å². The van der Waals surface area contributed by atoms with Gasteiger partial charge in [0.05, 0.1) is 6.54 Å². The van der Waals surface area contributed by atoms with E-state index in [4.69, 9.17) is 4.74 Å². The Kier molecular flexibility index (Phi) is 7.06. The summed E-state index contributed by atoms with van der Waals surface area (Å²) in [7, 11) is 1.63. The topological polar surface area (TPSA) is 84.7 Å². The van der Waals surface area contributed by atoms with Gasteiger partial charge in [-0.1, -0.05) is 24.4 Å². The van der Waals surface area contributed by atoms with Gasteiger partial charge in [-0.3, -0.25) is 9.59 Å². The van der Waals surface area contributed by atoms with Crippen LogP contribution in [0.5, 0.6) is 0 Å². The zero-order chi connectivity index (χ0) is 16.5. The molecule has 0 unspecified atom stereocenters. The normalized spacial score (nSPS) is 15.3. The van der Waals surface area contributed by atoms with Crippen LogP contribution in [-0.2, 0) is 14.3 Å². The Bertz CT molecular complexity index is 484. The van der Waals surface area contributed by atoms with Gasteiger partial charge in [0.2, 0.25) is 11.8 Å². The summed E-state index contributed by atoms with van der Waals surface area (Å²) in [6.07, 6.45) is 7.32. The molecule has 0 atom stereocenters. The highest BCUT2D eigenvalue weighted by molar-refractivity contribution is 5.94. The van der Waals surface area contributed by atoms with Gasteiger partial charge in [-0.2, -0.15) is 0 Å². The highest BCUT2D eigenvalue weighted by Gasteiger charge is 2.27. The largest absolute Gasteiger partial charge is 0.385 e. The van der Waals surface area contributed by atoms with Crippen LogP contribution >= 0.6 is 0 Å². The van der Waals surface area contributed by atoms with E-state index in [2.05, 4.69) is 15.0 Å². The Labute approximate surface area is 136 Å². The predicted octanol–water partition coefficient (Wildman–Crippen LogP) is 2.06. The van der Waals surface area contributed by atoms with Crippen molar-refractivity contribution in [2.75, 3.05) is 32.1 Å². The Morgan fingerprint density at radius 3 is 2.83 bits per heavy atom. The van der Waals surface area contributed by atoms with Crippen molar-refractivity contribution in [3.8, 4) is 0 Å². The molecule has 128 valence electrons. The second-order valence-electron chi connectivity index (χ2n) is 5.87. The van der Waals surface area contributed by atoms with E-state index in [1.165, 1.54) is 12.7 Å². The molecule has 0 aliphatic heterocycles. The van der Waals surface area contributed by atoms with Gasteiger partial charge in [0.25, 0.3) is 0 Å². The number of methoxy groups -OCH3 is 1. The molecule has 1 fully saturated rings. The summed E-state index contributed by atoms with van der Waals surface area (Å²) < 4.78 is 9.73. The summed E-state index contributed by atoms with van der Waals surface area (Å²) in [4.78, 5) is 26.5. The lowest BCUT2D eigenvalue weighted by molar-refractivity contribution is -0.139. The van der Waals surface area contributed by atoms with Gasteiger partial charge in [0.15, 0.2) is 5.82 Å². The minimum absolute atomic E-state index is 0.0336. The van der Waals surface area contributed by atoms with Crippen LogP contribution in [0.1, 0.15) is 38.5 Å². The number of amides is 2. The van der Waals surface area contributed by atoms with Crippen LogP contribution < -0.4 is 5.32 Å². The SMILES string of the molecule is COCCCN(CC(=O)Nc1ccon1)C(=O)C1CCCCC1. The standard InChI is InChI=1S/C16H25N3O4/c1-22-10-5-9-19(16(21)13-6-3-2-4-7-13)12-15(20)17-14-8-11-23-18-14/h8,11,13H,2-7,9-10,12H2,1H3,(H,17,18,20). The first-order chi connectivity index (χ1) is 11.2. The molecule has 1 aliphatic rings. The van der Waals surface area contributed by atoms with Gasteiger partial charge < -0.3 is 19.5 Å². The fourth-order valence-corrected chi connectivity index (χ4v) is 2.91. The minimum Gasteiger partial charge on any atom is -0.385 e. The van der Waals surface area contributed by atoms with Crippen LogP contribution in [0.2, 0.25) is 0 Å². The maximum Gasteiger partial charge on any atom is 0.245 e. The number of nitrogens with zero attached hydrogens (tertiary/aromatic N) is 2. The number of carbonyl (C=O) groups is 2. The zero-order valence-electron chi connectivity index (χ0n) is 13.6. The molecule has 2 amide bonds. The van der Waals surface area contributed by atoms with Crippen LogP contribution in [-0.4, -0.2) is 48.7 Å². The van der Waals surface area contributed by atoms with Crippen LogP contribution in [0.3, 0.4) is 0 Å². The first-order valence-corrected chi connectivity index (χ1v) is 8.18. The van der Waals surface area contributed by atoms with Crippen molar-refractivity contribution in [3.63, 3.8) is 0 Å². The molecule has 1 aliphatic carbocycles. The number of hydrogen-bond acceptors (Lipinski definition) is 5. The van der Waals surface area contributed by atoms with Gasteiger partial charge in [-0.25, -0.2) is 0 Å². The van der Waals surface area contributed by atoms with Gasteiger partial charge in [0.1, 0.15) is 6.26 Å². The van der Waals surface area contributed by atoms with Crippen molar-refractivity contribution in [2.24, 2.45) is 5.92 Å². The number of aromatic nitrogens is 1. The van der Waals surface area contributed by atoms with Crippen LogP contribution in [0.15, 0.2) is 16.9 Å². The first-order valence-electron chi connectivity index (χ1n) is 8.18. The van der Waals surface area contributed by atoms with Crippen LogP contribution in [0.25, 0.3) is 0 Å². The lowest BCUT2D eigenvalue weighted by atomic mass is 9.88. The molecule has 0 saturated heterocycles. The molecular formula is C16H25N3O4. The lowest BCUT2D eigenvalue weighted by Crippen LogP contribution is -2.42. The van der Waals surface area contributed by atoms with Crippen molar-refractivity contribution in [3.05, 3.63) is 12.3 Å². The Balaban J connectivity index is 1.91. The first kappa shape index (κ1) is 17.5. The summed E-state index contributed by atoms with van der Waals surface area (Å²) in [6.45, 7) is 1.13. The summed E-state index contributed by atoms with van der Waals surface area (Å²) in [5, 5.41) is 6.27. The van der Waals surface area contributed by atoms with Crippen LogP contribution in [0, 0.1) is 5.92 Å². The highest BCUT2D eigenvalue weighted by Crippen LogP contribution is 2.25. The molecule has 1 aromatic rings. The van der Waals surface area contributed by atoms with E-state index in [1.54, 1.807) is 18.1 Å². The number of anilines is 1. The molecule has 1 saturated carbocycles. The van der Waals surface area contributed by atoms with E-state index >= 15 is 0 Å². The molecule has 7 nitrogen and oxygen atoms in total. The third-order valence-electron chi connectivity index (χ3n) is 4.08. The van der Waals surface area contributed by atoms with Crippen molar-refractivity contribution < 1.29 is 18.8 Å². The molecule has 0 radical (unpaired) electrons. The summed E-state index contributed by atoms with van der Waals surface area (Å²) in [6, 6.07) is 1.57. The molecular weight excluding hydrogens is 298 g/mol. The maximum atomic E-state index is 12.7. The minimum atomic E-state index is -0.263. The van der Waals surface area contributed by atoms with E-state index in [9.17, 15) is 9.59 Å². The van der Waals surface area contributed by atoms with Crippen LogP contribution in [0.4, 0.5) is 5.82 Å². The number of ether oxygens (including phenoxy) is 1. The monoisotopic (exact) mass is 323 g/mol. The molecule has 2 rings (SSSR count). The van der Waals surface area contributed by atoms with E-state index in [0.717, 1.165) is 25.7 Å². The van der Waals surface area contributed by atoms with Crippen molar-refractivity contribution >= 4 is 17.6 Å². The number of carbonyl (C=O) groups excluding carboxylic acids is 2. The Morgan fingerprint density at radius 1 is 1.39 bits per heavy atom. The average molecular weight is 323 g/mol. The van der Waals surface area contributed by atoms with Gasteiger partial charge in [-0.05, 0) is 19.3 Å². The van der Waals surface area contributed by atoms with E-state index in [-0.39, 0.29) is 24.3 Å². The molecule has 0 spiro atoms. The molecule has 1 N–H and O–H groups in total. The second-order valence-corrected chi connectivity index (χ2v) is 5.87. The van der Waals surface area contributed by atoms with Gasteiger partial charge >= 0.3 is 0 Å². The summed E-state index contributed by atoms with van der Waals surface area (Å²) in [5.41, 5.74) is 0. The third-order valence-corrected chi connectivity index (χ3v) is 4.08. The molecule has 0 aromatic carbocycles.